The lowest BCUT2D eigenvalue weighted by atomic mass is 10.5. The molecular formula is C11H18N4O3. The molecule has 1 aromatic heterocycles. The molecule has 100 valence electrons. The smallest absolute Gasteiger partial charge is 0.358 e. The number of aromatic carboxylic acids is 1. The summed E-state index contributed by atoms with van der Waals surface area (Å²) in [5, 5.41) is 19.1. The third-order valence-electron chi connectivity index (χ3n) is 2.75. The molecule has 0 aliphatic heterocycles. The number of rotatable bonds is 9. The standard InChI is InChI=1S/C11H18N4O3/c16-11(17)10-7-15(14-13-10)5-3-12-4-6-18-8-9-1-2-9/h7,9,12H,1-6,8H2,(H,16,17). The highest BCUT2D eigenvalue weighted by Gasteiger charge is 2.20. The van der Waals surface area contributed by atoms with Crippen molar-refractivity contribution in [2.24, 2.45) is 5.92 Å². The van der Waals surface area contributed by atoms with Crippen molar-refractivity contribution in [2.45, 2.75) is 19.4 Å². The Kier molecular flexibility index (Phi) is 4.66. The van der Waals surface area contributed by atoms with Gasteiger partial charge in [0, 0.05) is 19.7 Å². The quantitative estimate of drug-likeness (QED) is 0.603. The minimum atomic E-state index is -1.05. The summed E-state index contributed by atoms with van der Waals surface area (Å²) in [7, 11) is 0. The maximum atomic E-state index is 10.6. The summed E-state index contributed by atoms with van der Waals surface area (Å²) < 4.78 is 6.99. The molecule has 0 saturated heterocycles. The lowest BCUT2D eigenvalue weighted by molar-refractivity contribution is 0.0690. The van der Waals surface area contributed by atoms with Gasteiger partial charge in [-0.1, -0.05) is 5.21 Å². The highest BCUT2D eigenvalue weighted by Crippen LogP contribution is 2.28. The Morgan fingerprint density at radius 1 is 1.56 bits per heavy atom. The average molecular weight is 254 g/mol. The summed E-state index contributed by atoms with van der Waals surface area (Å²) in [6, 6.07) is 0. The molecule has 1 fully saturated rings. The van der Waals surface area contributed by atoms with Crippen molar-refractivity contribution in [2.75, 3.05) is 26.3 Å². The van der Waals surface area contributed by atoms with Crippen LogP contribution in [0.2, 0.25) is 0 Å². The van der Waals surface area contributed by atoms with Crippen LogP contribution in [0.25, 0.3) is 0 Å². The summed E-state index contributed by atoms with van der Waals surface area (Å²) in [5.41, 5.74) is -0.0252. The van der Waals surface area contributed by atoms with Crippen LogP contribution in [0, 0.1) is 5.92 Å². The maximum absolute atomic E-state index is 10.6. The minimum Gasteiger partial charge on any atom is -0.476 e. The van der Waals surface area contributed by atoms with E-state index in [1.54, 1.807) is 0 Å². The molecule has 0 atom stereocenters. The van der Waals surface area contributed by atoms with Gasteiger partial charge in [-0.3, -0.25) is 4.68 Å². The zero-order valence-electron chi connectivity index (χ0n) is 10.2. The van der Waals surface area contributed by atoms with Gasteiger partial charge in [0.2, 0.25) is 0 Å². The van der Waals surface area contributed by atoms with Crippen LogP contribution in [0.1, 0.15) is 23.3 Å². The Hall–Kier alpha value is -1.47. The highest BCUT2D eigenvalue weighted by atomic mass is 16.5. The third kappa shape index (κ3) is 4.42. The van der Waals surface area contributed by atoms with Crippen molar-refractivity contribution in [3.63, 3.8) is 0 Å². The number of nitrogens with one attached hydrogen (secondary N) is 1. The molecule has 2 rings (SSSR count). The zero-order valence-corrected chi connectivity index (χ0v) is 10.2. The second kappa shape index (κ2) is 6.46. The Labute approximate surface area is 105 Å². The molecule has 0 bridgehead atoms. The van der Waals surface area contributed by atoms with Gasteiger partial charge in [-0.2, -0.15) is 0 Å². The van der Waals surface area contributed by atoms with Crippen LogP contribution < -0.4 is 5.32 Å². The number of ether oxygens (including phenoxy) is 1. The zero-order chi connectivity index (χ0) is 12.8. The average Bonchev–Trinajstić information content (AvgIpc) is 3.04. The van der Waals surface area contributed by atoms with Gasteiger partial charge in [0.25, 0.3) is 0 Å². The van der Waals surface area contributed by atoms with Gasteiger partial charge < -0.3 is 15.2 Å². The molecule has 0 unspecified atom stereocenters. The molecule has 18 heavy (non-hydrogen) atoms. The molecule has 0 radical (unpaired) electrons. The van der Waals surface area contributed by atoms with Gasteiger partial charge >= 0.3 is 5.97 Å². The Bertz CT molecular complexity index is 389. The molecule has 7 heteroatoms. The molecule has 1 aliphatic rings. The fraction of sp³-hybridized carbons (Fsp3) is 0.727. The number of aromatic nitrogens is 3. The molecule has 0 amide bonds. The van der Waals surface area contributed by atoms with E-state index in [2.05, 4.69) is 15.6 Å². The van der Waals surface area contributed by atoms with E-state index in [1.165, 1.54) is 23.7 Å². The molecule has 1 aliphatic carbocycles. The second-order valence-electron chi connectivity index (χ2n) is 4.44. The summed E-state index contributed by atoms with van der Waals surface area (Å²) in [6.07, 6.45) is 4.05. The molecule has 1 saturated carbocycles. The molecule has 1 aromatic rings. The van der Waals surface area contributed by atoms with Crippen LogP contribution in [0.3, 0.4) is 0 Å². The molecule has 1 heterocycles. The van der Waals surface area contributed by atoms with Crippen LogP contribution >= 0.6 is 0 Å². The SMILES string of the molecule is O=C(O)c1cn(CCNCCOCC2CC2)nn1. The predicted molar refractivity (Wildman–Crippen MR) is 63.4 cm³/mol. The van der Waals surface area contributed by atoms with Gasteiger partial charge in [0.1, 0.15) is 0 Å². The van der Waals surface area contributed by atoms with Crippen LogP contribution in [0.4, 0.5) is 0 Å². The number of nitrogens with zero attached hydrogens (tertiary/aromatic N) is 3. The first-order valence-corrected chi connectivity index (χ1v) is 6.17. The topological polar surface area (TPSA) is 89.3 Å². The lowest BCUT2D eigenvalue weighted by Gasteiger charge is -2.05. The number of hydrogen-bond acceptors (Lipinski definition) is 5. The van der Waals surface area contributed by atoms with Gasteiger partial charge in [0.15, 0.2) is 5.69 Å². The fourth-order valence-corrected chi connectivity index (χ4v) is 1.50. The van der Waals surface area contributed by atoms with Crippen LogP contribution in [0.15, 0.2) is 6.20 Å². The van der Waals surface area contributed by atoms with Crippen LogP contribution in [-0.2, 0) is 11.3 Å². The predicted octanol–water partition coefficient (Wildman–Crippen LogP) is -0.00750. The van der Waals surface area contributed by atoms with Crippen molar-refractivity contribution >= 4 is 5.97 Å². The largest absolute Gasteiger partial charge is 0.476 e. The Morgan fingerprint density at radius 3 is 3.06 bits per heavy atom. The molecule has 2 N–H and O–H groups in total. The van der Waals surface area contributed by atoms with Crippen molar-refractivity contribution in [1.82, 2.24) is 20.3 Å². The minimum absolute atomic E-state index is 0.0252. The van der Waals surface area contributed by atoms with Crippen LogP contribution in [0.5, 0.6) is 0 Å². The van der Waals surface area contributed by atoms with E-state index in [1.807, 2.05) is 0 Å². The van der Waals surface area contributed by atoms with Gasteiger partial charge in [-0.25, -0.2) is 4.79 Å². The highest BCUT2D eigenvalue weighted by molar-refractivity contribution is 5.84. The van der Waals surface area contributed by atoms with Gasteiger partial charge in [0.05, 0.1) is 19.3 Å². The first-order chi connectivity index (χ1) is 8.75. The molecule has 0 spiro atoms. The van der Waals surface area contributed by atoms with E-state index < -0.39 is 5.97 Å². The Morgan fingerprint density at radius 2 is 2.39 bits per heavy atom. The summed E-state index contributed by atoms with van der Waals surface area (Å²) in [6.45, 7) is 3.71. The number of carbonyl (C=O) groups is 1. The third-order valence-corrected chi connectivity index (χ3v) is 2.75. The molecule has 7 nitrogen and oxygen atoms in total. The number of hydrogen-bond donors (Lipinski definition) is 2. The fourth-order valence-electron chi connectivity index (χ4n) is 1.50. The van der Waals surface area contributed by atoms with Gasteiger partial charge in [-0.05, 0) is 18.8 Å². The van der Waals surface area contributed by atoms with E-state index in [4.69, 9.17) is 9.84 Å². The van der Waals surface area contributed by atoms with E-state index in [0.717, 1.165) is 25.6 Å². The van der Waals surface area contributed by atoms with E-state index >= 15 is 0 Å². The number of carboxylic acid groups (broad SMARTS) is 1. The first-order valence-electron chi connectivity index (χ1n) is 6.17. The van der Waals surface area contributed by atoms with Crippen molar-refractivity contribution < 1.29 is 14.6 Å². The van der Waals surface area contributed by atoms with Crippen molar-refractivity contribution in [1.29, 1.82) is 0 Å². The van der Waals surface area contributed by atoms with Gasteiger partial charge in [-0.15, -0.1) is 5.10 Å². The summed E-state index contributed by atoms with van der Waals surface area (Å²) in [4.78, 5) is 10.6. The number of carboxylic acids is 1. The lowest BCUT2D eigenvalue weighted by Crippen LogP contribution is -2.24. The maximum Gasteiger partial charge on any atom is 0.358 e. The first kappa shape index (κ1) is 13.0. The summed E-state index contributed by atoms with van der Waals surface area (Å²) in [5.74, 6) is -0.253. The van der Waals surface area contributed by atoms with Crippen molar-refractivity contribution in [3.8, 4) is 0 Å². The monoisotopic (exact) mass is 254 g/mol. The van der Waals surface area contributed by atoms with E-state index in [-0.39, 0.29) is 5.69 Å². The normalized spacial score (nSPS) is 14.9. The summed E-state index contributed by atoms with van der Waals surface area (Å²) >= 11 is 0. The van der Waals surface area contributed by atoms with Crippen molar-refractivity contribution in [3.05, 3.63) is 11.9 Å². The second-order valence-corrected chi connectivity index (χ2v) is 4.44. The molecular weight excluding hydrogens is 236 g/mol. The van der Waals surface area contributed by atoms with E-state index in [0.29, 0.717) is 13.2 Å². The Balaban J connectivity index is 1.49. The van der Waals surface area contributed by atoms with E-state index in [9.17, 15) is 4.79 Å². The molecule has 0 aromatic carbocycles. The van der Waals surface area contributed by atoms with Crippen LogP contribution in [-0.4, -0.2) is 52.4 Å².